The van der Waals surface area contributed by atoms with Gasteiger partial charge in [-0.2, -0.15) is 0 Å². The van der Waals surface area contributed by atoms with Crippen molar-refractivity contribution in [2.45, 2.75) is 72.3 Å². The van der Waals surface area contributed by atoms with E-state index < -0.39 is 5.54 Å². The summed E-state index contributed by atoms with van der Waals surface area (Å²) in [5.74, 6) is 2.37. The van der Waals surface area contributed by atoms with Gasteiger partial charge in [-0.15, -0.1) is 0 Å². The average Bonchev–Trinajstić information content (AvgIpc) is 3.04. The SMILES string of the molecule is CC.CC1=NC(CO)(CCc2ccc(OCCCCC(C)C)cc2)CO1. The third kappa shape index (κ3) is 7.77. The Kier molecular flexibility index (Phi) is 10.3. The lowest BCUT2D eigenvalue weighted by atomic mass is 9.94. The summed E-state index contributed by atoms with van der Waals surface area (Å²) in [6, 6.07) is 8.26. The molecule has 1 atom stereocenters. The first-order valence-corrected chi connectivity index (χ1v) is 10.0. The van der Waals surface area contributed by atoms with Crippen molar-refractivity contribution in [2.75, 3.05) is 19.8 Å². The van der Waals surface area contributed by atoms with E-state index >= 15 is 0 Å². The number of nitrogens with zero attached hydrogens (tertiary/aromatic N) is 1. The van der Waals surface area contributed by atoms with Crippen molar-refractivity contribution in [3.63, 3.8) is 0 Å². The molecule has 0 spiro atoms. The van der Waals surface area contributed by atoms with Crippen LogP contribution in [0.3, 0.4) is 0 Å². The molecule has 0 saturated heterocycles. The molecule has 26 heavy (non-hydrogen) atoms. The van der Waals surface area contributed by atoms with E-state index in [1.54, 1.807) is 0 Å². The van der Waals surface area contributed by atoms with Gasteiger partial charge in [0, 0.05) is 6.92 Å². The molecule has 4 heteroatoms. The van der Waals surface area contributed by atoms with Crippen molar-refractivity contribution >= 4 is 5.90 Å². The molecule has 0 fully saturated rings. The number of hydrogen-bond acceptors (Lipinski definition) is 4. The van der Waals surface area contributed by atoms with E-state index in [1.807, 2.05) is 32.9 Å². The van der Waals surface area contributed by atoms with Crippen LogP contribution in [0.5, 0.6) is 5.75 Å². The Labute approximate surface area is 159 Å². The number of rotatable bonds is 10. The highest BCUT2D eigenvalue weighted by molar-refractivity contribution is 5.75. The average molecular weight is 364 g/mol. The summed E-state index contributed by atoms with van der Waals surface area (Å²) in [6.45, 7) is 11.6. The van der Waals surface area contributed by atoms with Crippen LogP contribution in [0.15, 0.2) is 29.3 Å². The Morgan fingerprint density at radius 1 is 1.19 bits per heavy atom. The van der Waals surface area contributed by atoms with Crippen molar-refractivity contribution in [2.24, 2.45) is 10.9 Å². The Morgan fingerprint density at radius 2 is 1.88 bits per heavy atom. The van der Waals surface area contributed by atoms with Crippen molar-refractivity contribution in [3.05, 3.63) is 29.8 Å². The second-order valence-corrected chi connectivity index (χ2v) is 7.18. The molecule has 2 rings (SSSR count). The lowest BCUT2D eigenvalue weighted by molar-refractivity contribution is 0.150. The molecule has 1 aromatic carbocycles. The molecule has 1 aliphatic heterocycles. The molecule has 0 saturated carbocycles. The molecule has 1 aromatic rings. The summed E-state index contributed by atoms with van der Waals surface area (Å²) in [7, 11) is 0. The van der Waals surface area contributed by atoms with Crippen molar-refractivity contribution in [3.8, 4) is 5.75 Å². The number of aliphatic imine (C=N–C) groups is 1. The van der Waals surface area contributed by atoms with E-state index in [4.69, 9.17) is 9.47 Å². The van der Waals surface area contributed by atoms with Crippen LogP contribution < -0.4 is 4.74 Å². The van der Waals surface area contributed by atoms with Crippen LogP contribution in [0, 0.1) is 5.92 Å². The Morgan fingerprint density at radius 3 is 2.42 bits per heavy atom. The summed E-state index contributed by atoms with van der Waals surface area (Å²) in [5, 5.41) is 9.62. The number of unbranched alkanes of at least 4 members (excludes halogenated alkanes) is 1. The van der Waals surface area contributed by atoms with E-state index in [9.17, 15) is 5.11 Å². The fraction of sp³-hybridized carbons (Fsp3) is 0.682. The van der Waals surface area contributed by atoms with Crippen molar-refractivity contribution in [1.29, 1.82) is 0 Å². The summed E-state index contributed by atoms with van der Waals surface area (Å²) >= 11 is 0. The highest BCUT2D eigenvalue weighted by Gasteiger charge is 2.34. The maximum absolute atomic E-state index is 9.62. The van der Waals surface area contributed by atoms with Gasteiger partial charge in [0.25, 0.3) is 0 Å². The molecule has 1 aliphatic rings. The number of aryl methyl sites for hydroxylation is 1. The molecular formula is C22H37NO3. The van der Waals surface area contributed by atoms with E-state index in [0.717, 1.165) is 37.5 Å². The van der Waals surface area contributed by atoms with Gasteiger partial charge in [0.15, 0.2) is 5.90 Å². The number of aliphatic hydroxyl groups is 1. The quantitative estimate of drug-likeness (QED) is 0.593. The maximum atomic E-state index is 9.62. The lowest BCUT2D eigenvalue weighted by Gasteiger charge is -2.21. The minimum atomic E-state index is -0.463. The fourth-order valence-corrected chi connectivity index (χ4v) is 2.90. The first kappa shape index (κ1) is 22.5. The zero-order chi connectivity index (χ0) is 19.4. The third-order valence-corrected chi connectivity index (χ3v) is 4.49. The molecular weight excluding hydrogens is 326 g/mol. The van der Waals surface area contributed by atoms with Crippen molar-refractivity contribution in [1.82, 2.24) is 0 Å². The molecule has 4 nitrogen and oxygen atoms in total. The Hall–Kier alpha value is -1.55. The largest absolute Gasteiger partial charge is 0.494 e. The Balaban J connectivity index is 0.00000163. The van der Waals surface area contributed by atoms with Gasteiger partial charge in [-0.1, -0.05) is 46.2 Å². The standard InChI is InChI=1S/C20H31NO3.C2H6/c1-16(2)6-4-5-13-23-19-9-7-18(8-10-19)11-12-20(14-22)15-24-17(3)21-20;1-2/h7-10,16,22H,4-6,11-15H2,1-3H3;1-2H3. The molecule has 0 bridgehead atoms. The van der Waals surface area contributed by atoms with Gasteiger partial charge in [-0.3, -0.25) is 0 Å². The van der Waals surface area contributed by atoms with Crippen LogP contribution in [0.1, 0.15) is 65.9 Å². The van der Waals surface area contributed by atoms with Gasteiger partial charge in [0.2, 0.25) is 0 Å². The molecule has 0 radical (unpaired) electrons. The van der Waals surface area contributed by atoms with Gasteiger partial charge in [0.05, 0.1) is 13.2 Å². The summed E-state index contributed by atoms with van der Waals surface area (Å²) in [4.78, 5) is 4.46. The van der Waals surface area contributed by atoms with Gasteiger partial charge < -0.3 is 14.6 Å². The van der Waals surface area contributed by atoms with E-state index in [0.29, 0.717) is 12.5 Å². The third-order valence-electron chi connectivity index (χ3n) is 4.49. The number of ether oxygens (including phenoxy) is 2. The topological polar surface area (TPSA) is 51.1 Å². The first-order valence-electron chi connectivity index (χ1n) is 10.0. The molecule has 0 amide bonds. The van der Waals surface area contributed by atoms with Crippen LogP contribution in [0.25, 0.3) is 0 Å². The molecule has 0 aliphatic carbocycles. The number of benzene rings is 1. The van der Waals surface area contributed by atoms with Crippen LogP contribution in [0.2, 0.25) is 0 Å². The van der Waals surface area contributed by atoms with E-state index in [1.165, 1.54) is 18.4 Å². The van der Waals surface area contributed by atoms with Crippen LogP contribution >= 0.6 is 0 Å². The predicted molar refractivity (Wildman–Crippen MR) is 109 cm³/mol. The van der Waals surface area contributed by atoms with Crippen LogP contribution in [-0.4, -0.2) is 36.4 Å². The van der Waals surface area contributed by atoms with E-state index in [2.05, 4.69) is 31.0 Å². The fourth-order valence-electron chi connectivity index (χ4n) is 2.90. The molecule has 0 aromatic heterocycles. The van der Waals surface area contributed by atoms with Gasteiger partial charge >= 0.3 is 0 Å². The van der Waals surface area contributed by atoms with Gasteiger partial charge in [0.1, 0.15) is 17.9 Å². The highest BCUT2D eigenvalue weighted by Crippen LogP contribution is 2.25. The number of aliphatic hydroxyl groups excluding tert-OH is 1. The Bertz CT molecular complexity index is 525. The van der Waals surface area contributed by atoms with Crippen molar-refractivity contribution < 1.29 is 14.6 Å². The summed E-state index contributed by atoms with van der Waals surface area (Å²) < 4.78 is 11.2. The zero-order valence-electron chi connectivity index (χ0n) is 17.3. The molecule has 148 valence electrons. The van der Waals surface area contributed by atoms with Gasteiger partial charge in [-0.05, 0) is 49.3 Å². The molecule has 1 unspecified atom stereocenters. The van der Waals surface area contributed by atoms with Gasteiger partial charge in [-0.25, -0.2) is 4.99 Å². The highest BCUT2D eigenvalue weighted by atomic mass is 16.5. The zero-order valence-corrected chi connectivity index (χ0v) is 17.3. The minimum absolute atomic E-state index is 0.0297. The summed E-state index contributed by atoms with van der Waals surface area (Å²) in [5.41, 5.74) is 0.769. The second kappa shape index (κ2) is 11.9. The van der Waals surface area contributed by atoms with Crippen LogP contribution in [0.4, 0.5) is 0 Å². The lowest BCUT2D eigenvalue weighted by Crippen LogP contribution is -2.33. The first-order chi connectivity index (χ1) is 12.5. The predicted octanol–water partition coefficient (Wildman–Crippen LogP) is 5.03. The smallest absolute Gasteiger partial charge is 0.180 e. The molecule has 1 N–H and O–H groups in total. The molecule has 1 heterocycles. The minimum Gasteiger partial charge on any atom is -0.494 e. The van der Waals surface area contributed by atoms with Crippen LogP contribution in [-0.2, 0) is 11.2 Å². The second-order valence-electron chi connectivity index (χ2n) is 7.18. The normalized spacial score (nSPS) is 18.8. The number of hydrogen-bond donors (Lipinski definition) is 1. The van der Waals surface area contributed by atoms with E-state index in [-0.39, 0.29) is 6.61 Å². The maximum Gasteiger partial charge on any atom is 0.180 e. The summed E-state index contributed by atoms with van der Waals surface area (Å²) in [6.07, 6.45) is 5.25. The monoisotopic (exact) mass is 363 g/mol.